The van der Waals surface area contributed by atoms with Crippen LogP contribution in [0.5, 0.6) is 5.75 Å². The highest BCUT2D eigenvalue weighted by Gasteiger charge is 2.11. The fraction of sp³-hybridized carbons (Fsp3) is 0.200. The van der Waals surface area contributed by atoms with Crippen LogP contribution in [0.25, 0.3) is 0 Å². The van der Waals surface area contributed by atoms with Crippen LogP contribution in [0.3, 0.4) is 0 Å². The van der Waals surface area contributed by atoms with Gasteiger partial charge in [0.2, 0.25) is 0 Å². The zero-order valence-electron chi connectivity index (χ0n) is 10.8. The number of halogens is 3. The number of alkyl halides is 2. The summed E-state index contributed by atoms with van der Waals surface area (Å²) in [6.07, 6.45) is 0. The van der Waals surface area contributed by atoms with E-state index in [9.17, 15) is 13.2 Å². The van der Waals surface area contributed by atoms with E-state index in [0.29, 0.717) is 5.69 Å². The van der Waals surface area contributed by atoms with Crippen LogP contribution in [0.4, 0.5) is 18.9 Å². The van der Waals surface area contributed by atoms with Crippen LogP contribution in [0.2, 0.25) is 0 Å². The summed E-state index contributed by atoms with van der Waals surface area (Å²) in [6.45, 7) is -1.11. The Hall–Kier alpha value is -2.17. The van der Waals surface area contributed by atoms with Gasteiger partial charge in [-0.2, -0.15) is 8.78 Å². The largest absolute Gasteiger partial charge is 0.432 e. The van der Waals surface area contributed by atoms with E-state index in [1.807, 2.05) is 37.3 Å². The van der Waals surface area contributed by atoms with Gasteiger partial charge >= 0.3 is 6.61 Å². The molecule has 0 aliphatic carbocycles. The summed E-state index contributed by atoms with van der Waals surface area (Å²) in [7, 11) is 0. The maximum atomic E-state index is 13.6. The Balaban J connectivity index is 2.09. The smallest absolute Gasteiger partial charge is 0.387 e. The number of rotatable bonds is 5. The lowest BCUT2D eigenvalue weighted by molar-refractivity contribution is -0.0521. The van der Waals surface area contributed by atoms with Gasteiger partial charge in [0.05, 0.1) is 0 Å². The van der Waals surface area contributed by atoms with Gasteiger partial charge in [0.1, 0.15) is 0 Å². The van der Waals surface area contributed by atoms with Crippen molar-refractivity contribution in [3.63, 3.8) is 0 Å². The lowest BCUT2D eigenvalue weighted by atomic mass is 10.1. The highest BCUT2D eigenvalue weighted by Crippen LogP contribution is 2.25. The molecule has 5 heteroatoms. The van der Waals surface area contributed by atoms with E-state index in [1.165, 1.54) is 12.1 Å². The Morgan fingerprint density at radius 2 is 1.75 bits per heavy atom. The van der Waals surface area contributed by atoms with Crippen LogP contribution in [-0.2, 0) is 0 Å². The molecular formula is C15H14F3NO. The summed E-state index contributed by atoms with van der Waals surface area (Å²) >= 11 is 0. The standard InChI is InChI=1S/C15H14F3NO/c1-10(11-5-3-2-4-6-11)19-12-7-8-14(13(16)9-12)20-15(17)18/h2-10,15,19H,1H3. The van der Waals surface area contributed by atoms with Gasteiger partial charge in [-0.1, -0.05) is 30.3 Å². The Bertz CT molecular complexity index is 560. The number of ether oxygens (including phenoxy) is 1. The van der Waals surface area contributed by atoms with Gasteiger partial charge in [0.15, 0.2) is 11.6 Å². The molecule has 0 fully saturated rings. The predicted molar refractivity (Wildman–Crippen MR) is 71.5 cm³/mol. The van der Waals surface area contributed by atoms with Gasteiger partial charge in [-0.25, -0.2) is 4.39 Å². The first-order valence-electron chi connectivity index (χ1n) is 6.12. The SMILES string of the molecule is CC(Nc1ccc(OC(F)F)c(F)c1)c1ccccc1. The highest BCUT2D eigenvalue weighted by atomic mass is 19.3. The zero-order chi connectivity index (χ0) is 14.5. The lowest BCUT2D eigenvalue weighted by Crippen LogP contribution is -2.07. The molecule has 2 aromatic rings. The fourth-order valence-electron chi connectivity index (χ4n) is 1.86. The summed E-state index contributed by atoms with van der Waals surface area (Å²) in [5.41, 5.74) is 1.54. The number of nitrogens with one attached hydrogen (secondary N) is 1. The Kier molecular flexibility index (Phi) is 4.50. The molecule has 20 heavy (non-hydrogen) atoms. The van der Waals surface area contributed by atoms with Gasteiger partial charge in [-0.05, 0) is 24.6 Å². The molecule has 1 atom stereocenters. The molecule has 0 radical (unpaired) electrons. The van der Waals surface area contributed by atoms with Crippen molar-refractivity contribution in [1.82, 2.24) is 0 Å². The van der Waals surface area contributed by atoms with Gasteiger partial charge in [-0.15, -0.1) is 0 Å². The molecule has 2 aromatic carbocycles. The number of benzene rings is 2. The zero-order valence-corrected chi connectivity index (χ0v) is 10.8. The van der Waals surface area contributed by atoms with Gasteiger partial charge < -0.3 is 10.1 Å². The Morgan fingerprint density at radius 1 is 1.05 bits per heavy atom. The first-order chi connectivity index (χ1) is 9.56. The van der Waals surface area contributed by atoms with E-state index in [0.717, 1.165) is 11.6 Å². The van der Waals surface area contributed by atoms with Gasteiger partial charge in [0.25, 0.3) is 0 Å². The fourth-order valence-corrected chi connectivity index (χ4v) is 1.86. The van der Waals surface area contributed by atoms with E-state index >= 15 is 0 Å². The molecule has 0 amide bonds. The van der Waals surface area contributed by atoms with E-state index in [1.54, 1.807) is 0 Å². The van der Waals surface area contributed by atoms with E-state index in [2.05, 4.69) is 10.1 Å². The second kappa shape index (κ2) is 6.32. The first-order valence-corrected chi connectivity index (χ1v) is 6.12. The maximum absolute atomic E-state index is 13.6. The van der Waals surface area contributed by atoms with Crippen LogP contribution in [0.1, 0.15) is 18.5 Å². The van der Waals surface area contributed by atoms with Crippen LogP contribution in [-0.4, -0.2) is 6.61 Å². The number of anilines is 1. The van der Waals surface area contributed by atoms with Crippen molar-refractivity contribution in [2.75, 3.05) is 5.32 Å². The molecule has 0 heterocycles. The Morgan fingerprint density at radius 3 is 2.35 bits per heavy atom. The summed E-state index contributed by atoms with van der Waals surface area (Å²) in [5.74, 6) is -1.28. The maximum Gasteiger partial charge on any atom is 0.387 e. The third-order valence-corrected chi connectivity index (χ3v) is 2.83. The third kappa shape index (κ3) is 3.66. The van der Waals surface area contributed by atoms with Crippen molar-refractivity contribution in [2.24, 2.45) is 0 Å². The van der Waals surface area contributed by atoms with E-state index in [-0.39, 0.29) is 6.04 Å². The van der Waals surface area contributed by atoms with Crippen molar-refractivity contribution in [2.45, 2.75) is 19.6 Å². The van der Waals surface area contributed by atoms with Crippen molar-refractivity contribution in [1.29, 1.82) is 0 Å². The number of hydrogen-bond donors (Lipinski definition) is 1. The van der Waals surface area contributed by atoms with Crippen LogP contribution in [0, 0.1) is 5.82 Å². The third-order valence-electron chi connectivity index (χ3n) is 2.83. The minimum Gasteiger partial charge on any atom is -0.432 e. The second-order valence-electron chi connectivity index (χ2n) is 4.30. The van der Waals surface area contributed by atoms with Crippen molar-refractivity contribution >= 4 is 5.69 Å². The average Bonchev–Trinajstić information content (AvgIpc) is 2.42. The molecular weight excluding hydrogens is 267 g/mol. The molecule has 1 N–H and O–H groups in total. The van der Waals surface area contributed by atoms with Crippen molar-refractivity contribution < 1.29 is 17.9 Å². The van der Waals surface area contributed by atoms with E-state index in [4.69, 9.17) is 0 Å². The van der Waals surface area contributed by atoms with Crippen molar-refractivity contribution in [3.05, 3.63) is 59.9 Å². The average molecular weight is 281 g/mol. The normalized spacial score (nSPS) is 12.2. The molecule has 0 aromatic heterocycles. The quantitative estimate of drug-likeness (QED) is 0.864. The summed E-state index contributed by atoms with van der Waals surface area (Å²) < 4.78 is 41.7. The van der Waals surface area contributed by atoms with Crippen LogP contribution >= 0.6 is 0 Å². The van der Waals surface area contributed by atoms with Gasteiger partial charge in [0, 0.05) is 17.8 Å². The number of hydrogen-bond acceptors (Lipinski definition) is 2. The molecule has 0 spiro atoms. The van der Waals surface area contributed by atoms with Crippen molar-refractivity contribution in [3.8, 4) is 5.75 Å². The molecule has 106 valence electrons. The van der Waals surface area contributed by atoms with Crippen LogP contribution < -0.4 is 10.1 Å². The minimum atomic E-state index is -3.04. The topological polar surface area (TPSA) is 21.3 Å². The minimum absolute atomic E-state index is 0.0301. The second-order valence-corrected chi connectivity index (χ2v) is 4.30. The Labute approximate surface area is 115 Å². The molecule has 2 nitrogen and oxygen atoms in total. The lowest BCUT2D eigenvalue weighted by Gasteiger charge is -2.16. The van der Waals surface area contributed by atoms with E-state index < -0.39 is 18.2 Å². The highest BCUT2D eigenvalue weighted by molar-refractivity contribution is 5.49. The molecule has 2 rings (SSSR count). The molecule has 0 saturated carbocycles. The summed E-state index contributed by atoms with van der Waals surface area (Å²) in [4.78, 5) is 0. The van der Waals surface area contributed by atoms with Crippen LogP contribution in [0.15, 0.2) is 48.5 Å². The first kappa shape index (κ1) is 14.2. The molecule has 0 saturated heterocycles. The summed E-state index contributed by atoms with van der Waals surface area (Å²) in [6, 6.07) is 13.4. The predicted octanol–water partition coefficient (Wildman–Crippen LogP) is 4.60. The summed E-state index contributed by atoms with van der Waals surface area (Å²) in [5, 5.41) is 3.10. The molecule has 1 unspecified atom stereocenters. The molecule has 0 aliphatic heterocycles. The monoisotopic (exact) mass is 281 g/mol. The molecule has 0 bridgehead atoms. The molecule has 0 aliphatic rings. The van der Waals surface area contributed by atoms with Gasteiger partial charge in [-0.3, -0.25) is 0 Å².